The van der Waals surface area contributed by atoms with E-state index in [9.17, 15) is 0 Å². The molecule has 1 aromatic carbocycles. The molecule has 1 N–H and O–H groups in total. The van der Waals surface area contributed by atoms with Gasteiger partial charge in [0.15, 0.2) is 0 Å². The fraction of sp³-hybridized carbons (Fsp3) is 0.312. The lowest BCUT2D eigenvalue weighted by atomic mass is 10.2. The molecular weight excluding hydrogens is 270 g/mol. The number of nitrogens with one attached hydrogen (secondary N) is 1. The van der Waals surface area contributed by atoms with Gasteiger partial charge in [-0.1, -0.05) is 36.7 Å². The summed E-state index contributed by atoms with van der Waals surface area (Å²) >= 11 is 6.20. The number of hydrogen-bond donors (Lipinski definition) is 1. The molecule has 0 saturated heterocycles. The van der Waals surface area contributed by atoms with Crippen molar-refractivity contribution in [3.8, 4) is 0 Å². The summed E-state index contributed by atoms with van der Waals surface area (Å²) in [6, 6.07) is 12.0. The van der Waals surface area contributed by atoms with Gasteiger partial charge in [-0.05, 0) is 24.1 Å². The summed E-state index contributed by atoms with van der Waals surface area (Å²) in [5.74, 6) is 0.912. The minimum atomic E-state index is 0.775. The van der Waals surface area contributed by atoms with Gasteiger partial charge in [-0.25, -0.2) is 4.98 Å². The summed E-state index contributed by atoms with van der Waals surface area (Å²) in [7, 11) is 2.06. The van der Waals surface area contributed by atoms with Crippen LogP contribution in [-0.2, 0) is 6.54 Å². The SMILES string of the molecule is CCCNc1cc(N(C)Cc2ccccc2Cl)ccn1. The molecule has 0 amide bonds. The standard InChI is InChI=1S/C16H20ClN3/c1-3-9-18-16-11-14(8-10-19-16)20(2)12-13-6-4-5-7-15(13)17/h4-8,10-11H,3,9,12H2,1-2H3,(H,18,19). The predicted octanol–water partition coefficient (Wildman–Crippen LogP) is 4.19. The van der Waals surface area contributed by atoms with Gasteiger partial charge in [-0.2, -0.15) is 0 Å². The maximum absolute atomic E-state index is 6.20. The molecule has 1 heterocycles. The molecule has 0 atom stereocenters. The average Bonchev–Trinajstić information content (AvgIpc) is 2.48. The smallest absolute Gasteiger partial charge is 0.127 e. The first-order valence-electron chi connectivity index (χ1n) is 6.85. The Morgan fingerprint density at radius 1 is 1.25 bits per heavy atom. The van der Waals surface area contributed by atoms with Gasteiger partial charge in [0.1, 0.15) is 5.82 Å². The zero-order valence-corrected chi connectivity index (χ0v) is 12.7. The number of benzene rings is 1. The second kappa shape index (κ2) is 7.15. The lowest BCUT2D eigenvalue weighted by molar-refractivity contribution is 0.918. The molecule has 0 spiro atoms. The van der Waals surface area contributed by atoms with Crippen LogP contribution in [-0.4, -0.2) is 18.6 Å². The number of nitrogens with zero attached hydrogens (tertiary/aromatic N) is 2. The van der Waals surface area contributed by atoms with E-state index in [1.54, 1.807) is 0 Å². The van der Waals surface area contributed by atoms with Gasteiger partial charge in [-0.3, -0.25) is 0 Å². The Labute approximate surface area is 125 Å². The first kappa shape index (κ1) is 14.7. The molecule has 20 heavy (non-hydrogen) atoms. The van der Waals surface area contributed by atoms with Gasteiger partial charge in [-0.15, -0.1) is 0 Å². The summed E-state index contributed by atoms with van der Waals surface area (Å²) in [5.41, 5.74) is 2.25. The van der Waals surface area contributed by atoms with E-state index in [2.05, 4.69) is 41.3 Å². The van der Waals surface area contributed by atoms with E-state index in [0.717, 1.165) is 41.6 Å². The van der Waals surface area contributed by atoms with E-state index < -0.39 is 0 Å². The molecule has 2 aromatic rings. The largest absolute Gasteiger partial charge is 0.370 e. The van der Waals surface area contributed by atoms with E-state index >= 15 is 0 Å². The Morgan fingerprint density at radius 2 is 2.05 bits per heavy atom. The van der Waals surface area contributed by atoms with Crippen molar-refractivity contribution in [1.29, 1.82) is 0 Å². The first-order chi connectivity index (χ1) is 9.70. The topological polar surface area (TPSA) is 28.2 Å². The Morgan fingerprint density at radius 3 is 2.80 bits per heavy atom. The summed E-state index contributed by atoms with van der Waals surface area (Å²) in [6.45, 7) is 3.85. The summed E-state index contributed by atoms with van der Waals surface area (Å²) in [4.78, 5) is 6.49. The maximum Gasteiger partial charge on any atom is 0.127 e. The maximum atomic E-state index is 6.20. The van der Waals surface area contributed by atoms with Crippen LogP contribution in [0.5, 0.6) is 0 Å². The molecule has 0 unspecified atom stereocenters. The number of anilines is 2. The number of halogens is 1. The molecule has 2 rings (SSSR count). The van der Waals surface area contributed by atoms with Gasteiger partial charge < -0.3 is 10.2 Å². The van der Waals surface area contributed by atoms with Crippen LogP contribution >= 0.6 is 11.6 Å². The van der Waals surface area contributed by atoms with Gasteiger partial charge in [0, 0.05) is 43.1 Å². The average molecular weight is 290 g/mol. The van der Waals surface area contributed by atoms with Gasteiger partial charge in [0.25, 0.3) is 0 Å². The predicted molar refractivity (Wildman–Crippen MR) is 86.6 cm³/mol. The highest BCUT2D eigenvalue weighted by atomic mass is 35.5. The van der Waals surface area contributed by atoms with Crippen molar-refractivity contribution < 1.29 is 0 Å². The Kier molecular flexibility index (Phi) is 5.24. The van der Waals surface area contributed by atoms with Crippen molar-refractivity contribution >= 4 is 23.1 Å². The second-order valence-corrected chi connectivity index (χ2v) is 5.18. The van der Waals surface area contributed by atoms with Crippen LogP contribution in [0.15, 0.2) is 42.6 Å². The second-order valence-electron chi connectivity index (χ2n) is 4.77. The summed E-state index contributed by atoms with van der Waals surface area (Å²) < 4.78 is 0. The Balaban J connectivity index is 2.09. The molecule has 106 valence electrons. The van der Waals surface area contributed by atoms with Gasteiger partial charge >= 0.3 is 0 Å². The minimum Gasteiger partial charge on any atom is -0.370 e. The van der Waals surface area contributed by atoms with Crippen molar-refractivity contribution in [3.63, 3.8) is 0 Å². The molecule has 4 heteroatoms. The zero-order valence-electron chi connectivity index (χ0n) is 11.9. The van der Waals surface area contributed by atoms with E-state index in [1.807, 2.05) is 30.5 Å². The fourth-order valence-corrected chi connectivity index (χ4v) is 2.18. The fourth-order valence-electron chi connectivity index (χ4n) is 1.98. The van der Waals surface area contributed by atoms with E-state index in [-0.39, 0.29) is 0 Å². The molecule has 0 fully saturated rings. The van der Waals surface area contributed by atoms with Crippen molar-refractivity contribution in [2.45, 2.75) is 19.9 Å². The van der Waals surface area contributed by atoms with Crippen molar-refractivity contribution in [2.75, 3.05) is 23.8 Å². The highest BCUT2D eigenvalue weighted by Crippen LogP contribution is 2.21. The van der Waals surface area contributed by atoms with E-state index in [4.69, 9.17) is 11.6 Å². The highest BCUT2D eigenvalue weighted by molar-refractivity contribution is 6.31. The lowest BCUT2D eigenvalue weighted by Crippen LogP contribution is -2.17. The van der Waals surface area contributed by atoms with E-state index in [1.165, 1.54) is 0 Å². The van der Waals surface area contributed by atoms with Gasteiger partial charge in [0.05, 0.1) is 0 Å². The number of rotatable bonds is 6. The molecule has 0 bridgehead atoms. The third kappa shape index (κ3) is 3.87. The number of aromatic nitrogens is 1. The Bertz CT molecular complexity index is 557. The normalized spacial score (nSPS) is 10.3. The summed E-state index contributed by atoms with van der Waals surface area (Å²) in [6.07, 6.45) is 2.91. The molecule has 0 radical (unpaired) electrons. The van der Waals surface area contributed by atoms with Crippen LogP contribution < -0.4 is 10.2 Å². The quantitative estimate of drug-likeness (QED) is 0.864. The molecular formula is C16H20ClN3. The summed E-state index contributed by atoms with van der Waals surface area (Å²) in [5, 5.41) is 4.10. The van der Waals surface area contributed by atoms with Crippen LogP contribution in [0, 0.1) is 0 Å². The molecule has 0 saturated carbocycles. The number of pyridine rings is 1. The molecule has 0 aliphatic heterocycles. The van der Waals surface area contributed by atoms with Crippen LogP contribution in [0.1, 0.15) is 18.9 Å². The third-order valence-corrected chi connectivity index (χ3v) is 3.47. The molecule has 1 aromatic heterocycles. The van der Waals surface area contributed by atoms with Crippen LogP contribution in [0.25, 0.3) is 0 Å². The first-order valence-corrected chi connectivity index (χ1v) is 7.23. The van der Waals surface area contributed by atoms with Crippen molar-refractivity contribution in [3.05, 3.63) is 53.2 Å². The lowest BCUT2D eigenvalue weighted by Gasteiger charge is -2.20. The highest BCUT2D eigenvalue weighted by Gasteiger charge is 2.06. The minimum absolute atomic E-state index is 0.775. The van der Waals surface area contributed by atoms with Crippen LogP contribution in [0.2, 0.25) is 5.02 Å². The molecule has 0 aliphatic carbocycles. The van der Waals surface area contributed by atoms with Gasteiger partial charge in [0.2, 0.25) is 0 Å². The van der Waals surface area contributed by atoms with E-state index in [0.29, 0.717) is 0 Å². The monoisotopic (exact) mass is 289 g/mol. The van der Waals surface area contributed by atoms with Crippen molar-refractivity contribution in [1.82, 2.24) is 4.98 Å². The van der Waals surface area contributed by atoms with Crippen LogP contribution in [0.3, 0.4) is 0 Å². The zero-order chi connectivity index (χ0) is 14.4. The third-order valence-electron chi connectivity index (χ3n) is 3.11. The van der Waals surface area contributed by atoms with Crippen LogP contribution in [0.4, 0.5) is 11.5 Å². The van der Waals surface area contributed by atoms with Crippen molar-refractivity contribution in [2.24, 2.45) is 0 Å². The Hall–Kier alpha value is -1.74. The number of hydrogen-bond acceptors (Lipinski definition) is 3. The molecule has 3 nitrogen and oxygen atoms in total. The molecule has 0 aliphatic rings.